The van der Waals surface area contributed by atoms with E-state index in [0.717, 1.165) is 12.8 Å². The molecule has 0 aliphatic rings. The van der Waals surface area contributed by atoms with E-state index in [1.165, 1.54) is 0 Å². The van der Waals surface area contributed by atoms with Crippen LogP contribution in [0.4, 0.5) is 0 Å². The maximum atomic E-state index is 11.0. The molecule has 84 valence electrons. The quantitative estimate of drug-likeness (QED) is 0.471. The molecule has 1 unspecified atom stereocenters. The summed E-state index contributed by atoms with van der Waals surface area (Å²) in [5.74, 6) is 0.125. The van der Waals surface area contributed by atoms with Gasteiger partial charge < -0.3 is 15.2 Å². The molecule has 2 N–H and O–H groups in total. The van der Waals surface area contributed by atoms with Crippen LogP contribution in [-0.2, 0) is 14.3 Å². The number of hydrogen-bond acceptors (Lipinski definition) is 4. The zero-order valence-electron chi connectivity index (χ0n) is 9.12. The molecule has 0 spiro atoms. The van der Waals surface area contributed by atoms with Gasteiger partial charge in [-0.15, -0.1) is 0 Å². The average Bonchev–Trinajstić information content (AvgIpc) is 2.16. The molecule has 0 aromatic rings. The van der Waals surface area contributed by atoms with Crippen LogP contribution < -0.4 is 5.73 Å². The minimum atomic E-state index is -0.304. The standard InChI is InChI=1S/C10H21NO3/c1-3-4-9(2)7-14-10(12)8-13-6-5-11/h9H,3-8,11H2,1-2H3. The van der Waals surface area contributed by atoms with Crippen molar-refractivity contribution in [2.45, 2.75) is 26.7 Å². The van der Waals surface area contributed by atoms with Crippen LogP contribution in [0.2, 0.25) is 0 Å². The summed E-state index contributed by atoms with van der Waals surface area (Å²) < 4.78 is 9.94. The number of nitrogens with two attached hydrogens (primary N) is 1. The van der Waals surface area contributed by atoms with Crippen LogP contribution in [0.5, 0.6) is 0 Å². The highest BCUT2D eigenvalue weighted by molar-refractivity contribution is 5.70. The molecule has 14 heavy (non-hydrogen) atoms. The Morgan fingerprint density at radius 3 is 2.79 bits per heavy atom. The molecule has 0 aromatic heterocycles. The first-order valence-corrected chi connectivity index (χ1v) is 5.14. The van der Waals surface area contributed by atoms with Crippen molar-refractivity contribution in [3.8, 4) is 0 Å². The highest BCUT2D eigenvalue weighted by Gasteiger charge is 2.06. The Hall–Kier alpha value is -0.610. The lowest BCUT2D eigenvalue weighted by molar-refractivity contribution is -0.150. The average molecular weight is 203 g/mol. The fourth-order valence-corrected chi connectivity index (χ4v) is 1.09. The number of rotatable bonds is 8. The number of carbonyl (C=O) groups is 1. The van der Waals surface area contributed by atoms with Gasteiger partial charge in [-0.1, -0.05) is 20.3 Å². The van der Waals surface area contributed by atoms with Crippen molar-refractivity contribution in [3.05, 3.63) is 0 Å². The van der Waals surface area contributed by atoms with Crippen molar-refractivity contribution in [2.24, 2.45) is 11.7 Å². The lowest BCUT2D eigenvalue weighted by Crippen LogP contribution is -2.19. The van der Waals surface area contributed by atoms with E-state index in [9.17, 15) is 4.79 Å². The Morgan fingerprint density at radius 1 is 1.50 bits per heavy atom. The molecule has 0 amide bonds. The largest absolute Gasteiger partial charge is 0.464 e. The van der Waals surface area contributed by atoms with Crippen LogP contribution >= 0.6 is 0 Å². The van der Waals surface area contributed by atoms with Gasteiger partial charge in [0, 0.05) is 6.54 Å². The molecule has 0 saturated carbocycles. The van der Waals surface area contributed by atoms with E-state index in [1.54, 1.807) is 0 Å². The zero-order chi connectivity index (χ0) is 10.8. The Balaban J connectivity index is 3.34. The van der Waals surface area contributed by atoms with Gasteiger partial charge >= 0.3 is 5.97 Å². The first kappa shape index (κ1) is 13.4. The summed E-state index contributed by atoms with van der Waals surface area (Å²) in [5, 5.41) is 0. The van der Waals surface area contributed by atoms with Crippen molar-refractivity contribution in [2.75, 3.05) is 26.4 Å². The van der Waals surface area contributed by atoms with Crippen molar-refractivity contribution >= 4 is 5.97 Å². The third kappa shape index (κ3) is 8.01. The topological polar surface area (TPSA) is 61.5 Å². The van der Waals surface area contributed by atoms with Crippen LogP contribution in [0, 0.1) is 5.92 Å². The second-order valence-corrected chi connectivity index (χ2v) is 3.42. The second kappa shape index (κ2) is 8.97. The smallest absolute Gasteiger partial charge is 0.332 e. The monoisotopic (exact) mass is 203 g/mol. The van der Waals surface area contributed by atoms with Crippen molar-refractivity contribution in [1.29, 1.82) is 0 Å². The van der Waals surface area contributed by atoms with E-state index < -0.39 is 0 Å². The maximum Gasteiger partial charge on any atom is 0.332 e. The van der Waals surface area contributed by atoms with Gasteiger partial charge in [0.2, 0.25) is 0 Å². The molecule has 0 aliphatic heterocycles. The van der Waals surface area contributed by atoms with Gasteiger partial charge in [-0.2, -0.15) is 0 Å². The van der Waals surface area contributed by atoms with Crippen molar-refractivity contribution in [3.63, 3.8) is 0 Å². The molecule has 1 atom stereocenters. The third-order valence-electron chi connectivity index (χ3n) is 1.79. The maximum absolute atomic E-state index is 11.0. The summed E-state index contributed by atoms with van der Waals surface area (Å²) in [7, 11) is 0. The summed E-state index contributed by atoms with van der Waals surface area (Å²) in [4.78, 5) is 11.0. The van der Waals surface area contributed by atoms with Crippen LogP contribution in [0.3, 0.4) is 0 Å². The lowest BCUT2D eigenvalue weighted by Gasteiger charge is -2.10. The second-order valence-electron chi connectivity index (χ2n) is 3.42. The Labute approximate surface area is 85.8 Å². The third-order valence-corrected chi connectivity index (χ3v) is 1.79. The van der Waals surface area contributed by atoms with Crippen molar-refractivity contribution in [1.82, 2.24) is 0 Å². The van der Waals surface area contributed by atoms with Gasteiger partial charge in [0.05, 0.1) is 13.2 Å². The van der Waals surface area contributed by atoms with E-state index in [-0.39, 0.29) is 12.6 Å². The van der Waals surface area contributed by atoms with Gasteiger partial charge in [0.1, 0.15) is 6.61 Å². The molecular weight excluding hydrogens is 182 g/mol. The molecule has 0 rings (SSSR count). The minimum Gasteiger partial charge on any atom is -0.464 e. The molecule has 4 heteroatoms. The predicted octanol–water partition coefficient (Wildman–Crippen LogP) is 0.941. The van der Waals surface area contributed by atoms with Gasteiger partial charge in [-0.3, -0.25) is 0 Å². The fourth-order valence-electron chi connectivity index (χ4n) is 1.09. The van der Waals surface area contributed by atoms with Gasteiger partial charge in [-0.25, -0.2) is 4.79 Å². The van der Waals surface area contributed by atoms with Gasteiger partial charge in [0.25, 0.3) is 0 Å². The fraction of sp³-hybridized carbons (Fsp3) is 0.900. The van der Waals surface area contributed by atoms with Crippen LogP contribution in [0.25, 0.3) is 0 Å². The molecule has 0 aromatic carbocycles. The Bertz CT molecular complexity index is 150. The first-order valence-electron chi connectivity index (χ1n) is 5.14. The normalized spacial score (nSPS) is 12.5. The number of esters is 1. The van der Waals surface area contributed by atoms with Gasteiger partial charge in [0.15, 0.2) is 0 Å². The zero-order valence-corrected chi connectivity index (χ0v) is 9.12. The SMILES string of the molecule is CCCC(C)COC(=O)COCCN. The summed E-state index contributed by atoms with van der Waals surface area (Å²) in [6.45, 7) is 5.51. The van der Waals surface area contributed by atoms with Gasteiger partial charge in [-0.05, 0) is 12.3 Å². The lowest BCUT2D eigenvalue weighted by atomic mass is 10.1. The van der Waals surface area contributed by atoms with E-state index in [1.807, 2.05) is 0 Å². The minimum absolute atomic E-state index is 0.00997. The Kier molecular flexibility index (Phi) is 8.57. The molecule has 0 aliphatic carbocycles. The summed E-state index contributed by atoms with van der Waals surface area (Å²) in [5.41, 5.74) is 5.20. The van der Waals surface area contributed by atoms with Crippen LogP contribution in [0.15, 0.2) is 0 Å². The molecule has 0 saturated heterocycles. The number of carbonyl (C=O) groups excluding carboxylic acids is 1. The Morgan fingerprint density at radius 2 is 2.21 bits per heavy atom. The van der Waals surface area contributed by atoms with E-state index in [2.05, 4.69) is 13.8 Å². The molecule has 0 fully saturated rings. The molecule has 0 radical (unpaired) electrons. The number of hydrogen-bond donors (Lipinski definition) is 1. The van der Waals surface area contributed by atoms with E-state index in [0.29, 0.717) is 25.7 Å². The molecule has 0 bridgehead atoms. The van der Waals surface area contributed by atoms with Crippen LogP contribution in [-0.4, -0.2) is 32.3 Å². The first-order chi connectivity index (χ1) is 6.70. The summed E-state index contributed by atoms with van der Waals surface area (Å²) in [6.07, 6.45) is 2.19. The molecule has 4 nitrogen and oxygen atoms in total. The molecule has 0 heterocycles. The van der Waals surface area contributed by atoms with E-state index >= 15 is 0 Å². The van der Waals surface area contributed by atoms with E-state index in [4.69, 9.17) is 15.2 Å². The number of ether oxygens (including phenoxy) is 2. The summed E-state index contributed by atoms with van der Waals surface area (Å²) >= 11 is 0. The molecular formula is C10H21NO3. The highest BCUT2D eigenvalue weighted by atomic mass is 16.6. The summed E-state index contributed by atoms with van der Waals surface area (Å²) in [6, 6.07) is 0. The highest BCUT2D eigenvalue weighted by Crippen LogP contribution is 2.04. The predicted molar refractivity (Wildman–Crippen MR) is 54.9 cm³/mol. The van der Waals surface area contributed by atoms with Crippen molar-refractivity contribution < 1.29 is 14.3 Å². The van der Waals surface area contributed by atoms with Crippen LogP contribution in [0.1, 0.15) is 26.7 Å².